The number of ether oxygens (including phenoxy) is 1. The molecule has 1 saturated heterocycles. The van der Waals surface area contributed by atoms with Crippen LogP contribution in [-0.4, -0.2) is 66.9 Å². The maximum Gasteiger partial charge on any atom is 0.119 e. The van der Waals surface area contributed by atoms with E-state index in [1.54, 1.807) is 12.1 Å². The van der Waals surface area contributed by atoms with Crippen LogP contribution >= 0.6 is 0 Å². The van der Waals surface area contributed by atoms with Crippen LogP contribution in [0.5, 0.6) is 5.75 Å². The van der Waals surface area contributed by atoms with Crippen LogP contribution in [0.4, 0.5) is 0 Å². The molecule has 5 nitrogen and oxygen atoms in total. The highest BCUT2D eigenvalue weighted by Crippen LogP contribution is 2.20. The molecule has 1 heterocycles. The summed E-state index contributed by atoms with van der Waals surface area (Å²) in [5.41, 5.74) is 0.586. The lowest BCUT2D eigenvalue weighted by molar-refractivity contribution is 0.0122. The third-order valence-corrected chi connectivity index (χ3v) is 4.56. The predicted octanol–water partition coefficient (Wildman–Crippen LogP) is 1.96. The SMILES string of the molecule is CC(C)(C)[C@@H](O)CN1CCN(CCOc2ccc(C#N)cc2)CC1. The molecule has 0 aliphatic carbocycles. The molecule has 0 unspecified atom stereocenters. The van der Waals surface area contributed by atoms with Gasteiger partial charge in [0.1, 0.15) is 12.4 Å². The number of hydrogen-bond donors (Lipinski definition) is 1. The molecule has 0 amide bonds. The quantitative estimate of drug-likeness (QED) is 0.863. The van der Waals surface area contributed by atoms with E-state index in [0.717, 1.165) is 45.0 Å². The zero-order valence-corrected chi connectivity index (χ0v) is 15.0. The van der Waals surface area contributed by atoms with Crippen molar-refractivity contribution in [3.63, 3.8) is 0 Å². The molecule has 1 aliphatic heterocycles. The minimum atomic E-state index is -0.288. The van der Waals surface area contributed by atoms with Gasteiger partial charge in [-0.15, -0.1) is 0 Å². The second kappa shape index (κ2) is 8.48. The number of aliphatic hydroxyl groups is 1. The van der Waals surface area contributed by atoms with Gasteiger partial charge in [0, 0.05) is 39.3 Å². The Morgan fingerprint density at radius 1 is 1.12 bits per heavy atom. The van der Waals surface area contributed by atoms with Crippen molar-refractivity contribution in [2.24, 2.45) is 5.41 Å². The Balaban J connectivity index is 1.65. The number of piperazine rings is 1. The van der Waals surface area contributed by atoms with E-state index < -0.39 is 0 Å². The van der Waals surface area contributed by atoms with E-state index in [4.69, 9.17) is 10.00 Å². The van der Waals surface area contributed by atoms with Crippen LogP contribution in [0.2, 0.25) is 0 Å². The Morgan fingerprint density at radius 2 is 1.71 bits per heavy atom. The van der Waals surface area contributed by atoms with Gasteiger partial charge in [-0.05, 0) is 29.7 Å². The summed E-state index contributed by atoms with van der Waals surface area (Å²) in [5, 5.41) is 19.0. The highest BCUT2D eigenvalue weighted by Gasteiger charge is 2.26. The van der Waals surface area contributed by atoms with E-state index >= 15 is 0 Å². The maximum atomic E-state index is 10.2. The Labute approximate surface area is 145 Å². The van der Waals surface area contributed by atoms with Gasteiger partial charge in [0.25, 0.3) is 0 Å². The number of β-amino-alcohol motifs (C(OH)–C–C–N with tert-alkyl or cyclic N) is 1. The van der Waals surface area contributed by atoms with E-state index in [-0.39, 0.29) is 11.5 Å². The number of aliphatic hydroxyl groups excluding tert-OH is 1. The van der Waals surface area contributed by atoms with E-state index in [2.05, 4.69) is 36.6 Å². The Morgan fingerprint density at radius 3 is 2.25 bits per heavy atom. The lowest BCUT2D eigenvalue weighted by Gasteiger charge is -2.37. The molecule has 132 valence electrons. The van der Waals surface area contributed by atoms with Crippen LogP contribution in [0, 0.1) is 16.7 Å². The topological polar surface area (TPSA) is 59.7 Å². The first kappa shape index (κ1) is 18.7. The molecule has 5 heteroatoms. The van der Waals surface area contributed by atoms with Gasteiger partial charge in [0.05, 0.1) is 17.7 Å². The fourth-order valence-corrected chi connectivity index (χ4v) is 2.63. The highest BCUT2D eigenvalue weighted by molar-refractivity contribution is 5.34. The average Bonchev–Trinajstić information content (AvgIpc) is 2.56. The zero-order chi connectivity index (χ0) is 17.6. The minimum Gasteiger partial charge on any atom is -0.492 e. The molecule has 0 radical (unpaired) electrons. The minimum absolute atomic E-state index is 0.0634. The van der Waals surface area contributed by atoms with Gasteiger partial charge in [0.15, 0.2) is 0 Å². The van der Waals surface area contributed by atoms with Crippen LogP contribution < -0.4 is 4.74 Å². The molecule has 1 N–H and O–H groups in total. The Bertz CT molecular complexity index is 537. The molecule has 0 spiro atoms. The van der Waals surface area contributed by atoms with Gasteiger partial charge in [-0.25, -0.2) is 0 Å². The number of nitriles is 1. The smallest absolute Gasteiger partial charge is 0.119 e. The van der Waals surface area contributed by atoms with Crippen LogP contribution in [0.25, 0.3) is 0 Å². The second-order valence-electron chi connectivity index (χ2n) is 7.51. The van der Waals surface area contributed by atoms with Crippen molar-refractivity contribution in [3.8, 4) is 11.8 Å². The third-order valence-electron chi connectivity index (χ3n) is 4.56. The summed E-state index contributed by atoms with van der Waals surface area (Å²) in [6.07, 6.45) is -0.288. The Hall–Kier alpha value is -1.61. The summed E-state index contributed by atoms with van der Waals surface area (Å²) in [6.45, 7) is 12.5. The number of nitrogens with zero attached hydrogens (tertiary/aromatic N) is 3. The summed E-state index contributed by atoms with van der Waals surface area (Å²) < 4.78 is 5.74. The van der Waals surface area contributed by atoms with Crippen molar-refractivity contribution in [2.45, 2.75) is 26.9 Å². The maximum absolute atomic E-state index is 10.2. The third kappa shape index (κ3) is 5.79. The van der Waals surface area contributed by atoms with Gasteiger partial charge < -0.3 is 9.84 Å². The first-order valence-electron chi connectivity index (χ1n) is 8.64. The molecule has 1 atom stereocenters. The molecule has 2 rings (SSSR count). The molecule has 0 bridgehead atoms. The standard InChI is InChI=1S/C19H29N3O2/c1-19(2,3)18(23)15-22-10-8-21(9-11-22)12-13-24-17-6-4-16(14-20)5-7-17/h4-7,18,23H,8-13,15H2,1-3H3/t18-/m0/s1. The van der Waals surface area contributed by atoms with Gasteiger partial charge in [0.2, 0.25) is 0 Å². The van der Waals surface area contributed by atoms with Crippen molar-refractivity contribution >= 4 is 0 Å². The lowest BCUT2D eigenvalue weighted by atomic mass is 9.89. The molecular formula is C19H29N3O2. The number of hydrogen-bond acceptors (Lipinski definition) is 5. The van der Waals surface area contributed by atoms with E-state index in [0.29, 0.717) is 12.2 Å². The van der Waals surface area contributed by atoms with E-state index in [1.165, 1.54) is 0 Å². The second-order valence-corrected chi connectivity index (χ2v) is 7.51. The molecule has 1 aliphatic rings. The van der Waals surface area contributed by atoms with Gasteiger partial charge in [-0.2, -0.15) is 5.26 Å². The normalized spacial score (nSPS) is 18.1. The van der Waals surface area contributed by atoms with Crippen molar-refractivity contribution in [1.82, 2.24) is 9.80 Å². The summed E-state index contributed by atoms with van der Waals surface area (Å²) in [5.74, 6) is 0.806. The van der Waals surface area contributed by atoms with Crippen molar-refractivity contribution in [2.75, 3.05) is 45.9 Å². The van der Waals surface area contributed by atoms with Gasteiger partial charge >= 0.3 is 0 Å². The van der Waals surface area contributed by atoms with E-state index in [9.17, 15) is 5.11 Å². The van der Waals surface area contributed by atoms with Crippen molar-refractivity contribution < 1.29 is 9.84 Å². The van der Waals surface area contributed by atoms with Crippen molar-refractivity contribution in [1.29, 1.82) is 5.26 Å². The fraction of sp³-hybridized carbons (Fsp3) is 0.632. The Kier molecular flexibility index (Phi) is 6.61. The average molecular weight is 331 g/mol. The summed E-state index contributed by atoms with van der Waals surface area (Å²) >= 11 is 0. The summed E-state index contributed by atoms with van der Waals surface area (Å²) in [6, 6.07) is 9.32. The molecule has 24 heavy (non-hydrogen) atoms. The molecular weight excluding hydrogens is 302 g/mol. The van der Waals surface area contributed by atoms with Crippen LogP contribution in [0.15, 0.2) is 24.3 Å². The molecule has 1 aromatic carbocycles. The fourth-order valence-electron chi connectivity index (χ4n) is 2.63. The largest absolute Gasteiger partial charge is 0.492 e. The molecule has 1 fully saturated rings. The molecule has 0 saturated carbocycles. The van der Waals surface area contributed by atoms with E-state index in [1.807, 2.05) is 12.1 Å². The monoisotopic (exact) mass is 331 g/mol. The van der Waals surface area contributed by atoms with Gasteiger partial charge in [-0.3, -0.25) is 9.80 Å². The highest BCUT2D eigenvalue weighted by atomic mass is 16.5. The number of benzene rings is 1. The molecule has 0 aromatic heterocycles. The van der Waals surface area contributed by atoms with Crippen LogP contribution in [0.1, 0.15) is 26.3 Å². The van der Waals surface area contributed by atoms with Gasteiger partial charge in [-0.1, -0.05) is 20.8 Å². The first-order chi connectivity index (χ1) is 11.4. The first-order valence-corrected chi connectivity index (χ1v) is 8.64. The summed E-state index contributed by atoms with van der Waals surface area (Å²) in [4.78, 5) is 4.73. The van der Waals surface area contributed by atoms with Crippen LogP contribution in [-0.2, 0) is 0 Å². The number of rotatable bonds is 6. The zero-order valence-electron chi connectivity index (χ0n) is 15.0. The summed E-state index contributed by atoms with van der Waals surface area (Å²) in [7, 11) is 0. The molecule has 1 aromatic rings. The van der Waals surface area contributed by atoms with Crippen LogP contribution in [0.3, 0.4) is 0 Å². The van der Waals surface area contributed by atoms with Crippen molar-refractivity contribution in [3.05, 3.63) is 29.8 Å². The lowest BCUT2D eigenvalue weighted by Crippen LogP contribution is -2.50. The predicted molar refractivity (Wildman–Crippen MR) is 95.0 cm³/mol.